The predicted molar refractivity (Wildman–Crippen MR) is 103 cm³/mol. The van der Waals surface area contributed by atoms with Crippen molar-refractivity contribution >= 4 is 34.9 Å². The fourth-order valence-corrected chi connectivity index (χ4v) is 3.16. The Morgan fingerprint density at radius 2 is 1.48 bits per heavy atom. The van der Waals surface area contributed by atoms with Gasteiger partial charge in [0.2, 0.25) is 0 Å². The quantitative estimate of drug-likeness (QED) is 0.448. The first-order valence-electron chi connectivity index (χ1n) is 7.87. The largest absolute Gasteiger partial charge is 0.323 e. The molecule has 0 saturated heterocycles. The number of urea groups is 1. The number of non-ortho nitro benzene ring substituents is 1. The molecule has 6 nitrogen and oxygen atoms in total. The number of hydrogen-bond acceptors (Lipinski definition) is 4. The van der Waals surface area contributed by atoms with Crippen molar-refractivity contribution in [2.24, 2.45) is 0 Å². The first-order valence-corrected chi connectivity index (χ1v) is 8.68. The molecule has 0 aliphatic rings. The van der Waals surface area contributed by atoms with Gasteiger partial charge in [0.25, 0.3) is 5.69 Å². The average Bonchev–Trinajstić information content (AvgIpc) is 2.66. The standard InChI is InChI=1S/C19H14FN3O3S/c20-15-5-1-2-6-16(15)21-19(24)22-17-7-3-4-8-18(17)27-14-11-9-13(10-12-14)23(25)26/h1-12H,(H2,21,22,24). The fraction of sp³-hybridized carbons (Fsp3) is 0. The molecule has 2 N–H and O–H groups in total. The van der Waals surface area contributed by atoms with Crippen LogP contribution in [0.5, 0.6) is 0 Å². The topological polar surface area (TPSA) is 84.3 Å². The number of amides is 2. The highest BCUT2D eigenvalue weighted by Crippen LogP contribution is 2.34. The van der Waals surface area contributed by atoms with Crippen LogP contribution in [0.1, 0.15) is 0 Å². The maximum atomic E-state index is 13.7. The van der Waals surface area contributed by atoms with Gasteiger partial charge in [-0.15, -0.1) is 0 Å². The van der Waals surface area contributed by atoms with E-state index in [-0.39, 0.29) is 11.4 Å². The number of nitro benzene ring substituents is 1. The van der Waals surface area contributed by atoms with Gasteiger partial charge in [-0.3, -0.25) is 10.1 Å². The zero-order valence-electron chi connectivity index (χ0n) is 13.9. The number of nitrogens with zero attached hydrogens (tertiary/aromatic N) is 1. The third-order valence-corrected chi connectivity index (χ3v) is 4.62. The molecule has 0 unspecified atom stereocenters. The number of hydrogen-bond donors (Lipinski definition) is 2. The number of carbonyl (C=O) groups excluding carboxylic acids is 1. The van der Waals surface area contributed by atoms with Gasteiger partial charge < -0.3 is 10.6 Å². The number of halogens is 1. The third-order valence-electron chi connectivity index (χ3n) is 3.53. The Morgan fingerprint density at radius 3 is 2.15 bits per heavy atom. The summed E-state index contributed by atoms with van der Waals surface area (Å²) in [5.74, 6) is -0.527. The molecular formula is C19H14FN3O3S. The summed E-state index contributed by atoms with van der Waals surface area (Å²) in [6.45, 7) is 0. The van der Waals surface area contributed by atoms with Crippen LogP contribution in [0, 0.1) is 15.9 Å². The minimum absolute atomic E-state index is 0.00928. The molecule has 3 aromatic rings. The maximum absolute atomic E-state index is 13.7. The van der Waals surface area contributed by atoms with E-state index in [9.17, 15) is 19.3 Å². The zero-order valence-corrected chi connectivity index (χ0v) is 14.7. The lowest BCUT2D eigenvalue weighted by molar-refractivity contribution is -0.384. The number of para-hydroxylation sites is 2. The SMILES string of the molecule is O=C(Nc1ccccc1F)Nc1ccccc1Sc1ccc([N+](=O)[O-])cc1. The monoisotopic (exact) mass is 383 g/mol. The molecule has 0 aliphatic heterocycles. The molecule has 0 fully saturated rings. The number of carbonyl (C=O) groups is 1. The van der Waals surface area contributed by atoms with Gasteiger partial charge >= 0.3 is 6.03 Å². The summed E-state index contributed by atoms with van der Waals surface area (Å²) in [6.07, 6.45) is 0. The van der Waals surface area contributed by atoms with Gasteiger partial charge in [-0.25, -0.2) is 9.18 Å². The predicted octanol–water partition coefficient (Wildman–Crippen LogP) is 5.53. The molecule has 0 saturated carbocycles. The van der Waals surface area contributed by atoms with Gasteiger partial charge in [0.1, 0.15) is 5.82 Å². The van der Waals surface area contributed by atoms with Crippen molar-refractivity contribution in [2.45, 2.75) is 9.79 Å². The first-order chi connectivity index (χ1) is 13.0. The summed E-state index contributed by atoms with van der Waals surface area (Å²) in [6, 6.07) is 18.5. The van der Waals surface area contributed by atoms with Crippen molar-refractivity contribution in [3.63, 3.8) is 0 Å². The van der Waals surface area contributed by atoms with Gasteiger partial charge in [0.15, 0.2) is 0 Å². The highest BCUT2D eigenvalue weighted by Gasteiger charge is 2.11. The van der Waals surface area contributed by atoms with Crippen LogP contribution in [0.3, 0.4) is 0 Å². The lowest BCUT2D eigenvalue weighted by atomic mass is 10.3. The summed E-state index contributed by atoms with van der Waals surface area (Å²) in [5, 5.41) is 15.9. The van der Waals surface area contributed by atoms with Crippen LogP contribution in [0.2, 0.25) is 0 Å². The van der Waals surface area contributed by atoms with E-state index >= 15 is 0 Å². The van der Waals surface area contributed by atoms with Crippen molar-refractivity contribution in [2.75, 3.05) is 10.6 Å². The molecule has 3 rings (SSSR count). The van der Waals surface area contributed by atoms with Crippen molar-refractivity contribution in [1.29, 1.82) is 0 Å². The second kappa shape index (κ2) is 8.33. The molecule has 8 heteroatoms. The van der Waals surface area contributed by atoms with Crippen LogP contribution in [0.15, 0.2) is 82.6 Å². The Labute approximate surface area is 158 Å². The van der Waals surface area contributed by atoms with E-state index in [1.165, 1.54) is 42.1 Å². The molecule has 0 radical (unpaired) electrons. The van der Waals surface area contributed by atoms with Gasteiger partial charge in [0.05, 0.1) is 16.3 Å². The fourth-order valence-electron chi connectivity index (χ4n) is 2.26. The lowest BCUT2D eigenvalue weighted by Crippen LogP contribution is -2.20. The van der Waals surface area contributed by atoms with E-state index in [4.69, 9.17) is 0 Å². The number of anilines is 2. The summed E-state index contributed by atoms with van der Waals surface area (Å²) >= 11 is 1.35. The van der Waals surface area contributed by atoms with Crippen LogP contribution in [0.25, 0.3) is 0 Å². The third kappa shape index (κ3) is 4.83. The van der Waals surface area contributed by atoms with Gasteiger partial charge in [-0.2, -0.15) is 0 Å². The number of rotatable bonds is 5. The van der Waals surface area contributed by atoms with Crippen LogP contribution >= 0.6 is 11.8 Å². The molecule has 3 aromatic carbocycles. The van der Waals surface area contributed by atoms with Crippen LogP contribution in [0.4, 0.5) is 26.2 Å². The molecule has 0 spiro atoms. The second-order valence-corrected chi connectivity index (χ2v) is 6.52. The van der Waals surface area contributed by atoms with E-state index in [0.717, 1.165) is 9.79 Å². The van der Waals surface area contributed by atoms with Crippen molar-refractivity contribution in [3.05, 3.63) is 88.7 Å². The summed E-state index contributed by atoms with van der Waals surface area (Å²) < 4.78 is 13.7. The average molecular weight is 383 g/mol. The van der Waals surface area contributed by atoms with Crippen LogP contribution < -0.4 is 10.6 Å². The highest BCUT2D eigenvalue weighted by atomic mass is 32.2. The minimum Gasteiger partial charge on any atom is -0.307 e. The Kier molecular flexibility index (Phi) is 5.68. The molecule has 0 aliphatic carbocycles. The molecule has 0 bridgehead atoms. The molecule has 136 valence electrons. The van der Waals surface area contributed by atoms with Gasteiger partial charge in [-0.1, -0.05) is 36.0 Å². The molecule has 0 heterocycles. The number of nitro groups is 1. The van der Waals surface area contributed by atoms with E-state index in [1.54, 1.807) is 30.3 Å². The Hall–Kier alpha value is -3.39. The van der Waals surface area contributed by atoms with E-state index < -0.39 is 16.8 Å². The number of benzene rings is 3. The Balaban J connectivity index is 1.73. The van der Waals surface area contributed by atoms with Crippen molar-refractivity contribution < 1.29 is 14.1 Å². The second-order valence-electron chi connectivity index (χ2n) is 5.41. The highest BCUT2D eigenvalue weighted by molar-refractivity contribution is 7.99. The van der Waals surface area contributed by atoms with E-state index in [2.05, 4.69) is 10.6 Å². The molecule has 2 amide bonds. The molecule has 0 atom stereocenters. The van der Waals surface area contributed by atoms with Crippen LogP contribution in [-0.2, 0) is 0 Å². The van der Waals surface area contributed by atoms with Gasteiger partial charge in [0, 0.05) is 21.9 Å². The number of nitrogens with one attached hydrogen (secondary N) is 2. The smallest absolute Gasteiger partial charge is 0.307 e. The molecule has 0 aromatic heterocycles. The lowest BCUT2D eigenvalue weighted by Gasteiger charge is -2.12. The van der Waals surface area contributed by atoms with E-state index in [1.807, 2.05) is 12.1 Å². The maximum Gasteiger partial charge on any atom is 0.323 e. The normalized spacial score (nSPS) is 10.3. The van der Waals surface area contributed by atoms with Crippen molar-refractivity contribution in [3.8, 4) is 0 Å². The first kappa shape index (κ1) is 18.4. The Bertz CT molecular complexity index is 980. The molecular weight excluding hydrogens is 369 g/mol. The summed E-state index contributed by atoms with van der Waals surface area (Å²) in [5.41, 5.74) is 0.625. The van der Waals surface area contributed by atoms with Gasteiger partial charge in [-0.05, 0) is 36.4 Å². The zero-order chi connectivity index (χ0) is 19.2. The van der Waals surface area contributed by atoms with Crippen molar-refractivity contribution in [1.82, 2.24) is 0 Å². The summed E-state index contributed by atoms with van der Waals surface area (Å²) in [7, 11) is 0. The van der Waals surface area contributed by atoms with E-state index in [0.29, 0.717) is 5.69 Å². The Morgan fingerprint density at radius 1 is 0.889 bits per heavy atom. The van der Waals surface area contributed by atoms with Crippen LogP contribution in [-0.4, -0.2) is 11.0 Å². The summed E-state index contributed by atoms with van der Waals surface area (Å²) in [4.78, 5) is 24.0. The minimum atomic E-state index is -0.572. The molecule has 27 heavy (non-hydrogen) atoms.